The summed E-state index contributed by atoms with van der Waals surface area (Å²) in [6.07, 6.45) is 1.42. The Morgan fingerprint density at radius 1 is 1.05 bits per heavy atom. The zero-order valence-corrected chi connectivity index (χ0v) is 25.7. The summed E-state index contributed by atoms with van der Waals surface area (Å²) in [4.78, 5) is 34.2. The maximum atomic E-state index is 13.4. The minimum absolute atomic E-state index is 0.203. The minimum atomic E-state index is -0.642. The molecule has 0 aliphatic carbocycles. The van der Waals surface area contributed by atoms with Gasteiger partial charge >= 0.3 is 12.2 Å². The van der Waals surface area contributed by atoms with Gasteiger partial charge in [0.2, 0.25) is 0 Å². The zero-order chi connectivity index (χ0) is 28.4. The number of alkyl carbamates (subject to hydrolysis) is 1. The summed E-state index contributed by atoms with van der Waals surface area (Å²) in [7, 11) is 0. The van der Waals surface area contributed by atoms with Crippen molar-refractivity contribution in [2.45, 2.75) is 78.7 Å². The fraction of sp³-hybridized carbons (Fsp3) is 0.429. The number of anilines is 1. The molecule has 8 nitrogen and oxygen atoms in total. The van der Waals surface area contributed by atoms with Crippen molar-refractivity contribution in [1.82, 2.24) is 14.7 Å². The Kier molecular flexibility index (Phi) is 8.63. The summed E-state index contributed by atoms with van der Waals surface area (Å²) in [6, 6.07) is 9.53. The molecule has 0 aliphatic heterocycles. The van der Waals surface area contributed by atoms with Gasteiger partial charge in [0.05, 0.1) is 16.9 Å². The van der Waals surface area contributed by atoms with E-state index in [1.165, 1.54) is 11.5 Å². The second kappa shape index (κ2) is 11.6. The van der Waals surface area contributed by atoms with Gasteiger partial charge in [-0.2, -0.15) is 4.37 Å². The van der Waals surface area contributed by atoms with E-state index in [-0.39, 0.29) is 6.04 Å². The van der Waals surface area contributed by atoms with Gasteiger partial charge in [-0.15, -0.1) is 22.7 Å². The lowest BCUT2D eigenvalue weighted by Gasteiger charge is -2.26. The Morgan fingerprint density at radius 2 is 1.79 bits per heavy atom. The molecule has 0 saturated heterocycles. The number of rotatable bonds is 7. The van der Waals surface area contributed by atoms with E-state index in [1.807, 2.05) is 84.2 Å². The number of thiophene rings is 2. The molecule has 208 valence electrons. The van der Waals surface area contributed by atoms with E-state index < -0.39 is 23.4 Å². The summed E-state index contributed by atoms with van der Waals surface area (Å²) in [5.74, 6) is 0. The summed E-state index contributed by atoms with van der Waals surface area (Å²) < 4.78 is 16.9. The standard InChI is InChI=1S/C28H34N4O4S3/c1-17(30-25(33)35-27(2,3)4)15-20-21(19-12-8-9-13-29-19)22-23(38-20)24(39-31-22)32(16-18-11-10-14-37-18)26(34)36-28(5,6)7/h8-14,17H,15-16H2,1-7H3,(H,30,33)/t17-/m0/s1. The second-order valence-electron chi connectivity index (χ2n) is 11.2. The summed E-state index contributed by atoms with van der Waals surface area (Å²) in [6.45, 7) is 13.4. The van der Waals surface area contributed by atoms with Gasteiger partial charge in [0.15, 0.2) is 0 Å². The van der Waals surface area contributed by atoms with Crippen LogP contribution in [-0.2, 0) is 22.4 Å². The number of nitrogens with one attached hydrogen (secondary N) is 1. The number of nitrogens with zero attached hydrogens (tertiary/aromatic N) is 3. The first-order valence-electron chi connectivity index (χ1n) is 12.7. The van der Waals surface area contributed by atoms with Crippen molar-refractivity contribution < 1.29 is 19.1 Å². The lowest BCUT2D eigenvalue weighted by Crippen LogP contribution is -2.38. The third-order valence-corrected chi connectivity index (χ3v) is 8.37. The molecule has 11 heteroatoms. The van der Waals surface area contributed by atoms with Crippen LogP contribution in [0.15, 0.2) is 41.9 Å². The number of hydrogen-bond acceptors (Lipinski definition) is 9. The van der Waals surface area contributed by atoms with E-state index in [2.05, 4.69) is 10.3 Å². The van der Waals surface area contributed by atoms with Gasteiger partial charge < -0.3 is 14.8 Å². The summed E-state index contributed by atoms with van der Waals surface area (Å²) >= 11 is 4.43. The number of fused-ring (bicyclic) bond motifs is 1. The number of carbonyl (C=O) groups excluding carboxylic acids is 2. The minimum Gasteiger partial charge on any atom is -0.444 e. The van der Waals surface area contributed by atoms with Crippen LogP contribution in [0.5, 0.6) is 0 Å². The van der Waals surface area contributed by atoms with Crippen LogP contribution in [0.1, 0.15) is 58.2 Å². The maximum absolute atomic E-state index is 13.4. The zero-order valence-electron chi connectivity index (χ0n) is 23.2. The van der Waals surface area contributed by atoms with Gasteiger partial charge in [0, 0.05) is 34.0 Å². The molecular weight excluding hydrogens is 553 g/mol. The molecule has 0 spiro atoms. The Bertz CT molecular complexity index is 1420. The van der Waals surface area contributed by atoms with Gasteiger partial charge in [0.25, 0.3) is 0 Å². The van der Waals surface area contributed by atoms with E-state index in [4.69, 9.17) is 13.8 Å². The van der Waals surface area contributed by atoms with Gasteiger partial charge in [-0.25, -0.2) is 9.59 Å². The van der Waals surface area contributed by atoms with Gasteiger partial charge in [-0.3, -0.25) is 9.88 Å². The molecule has 4 aromatic heterocycles. The molecule has 0 aromatic carbocycles. The largest absolute Gasteiger partial charge is 0.444 e. The van der Waals surface area contributed by atoms with Crippen molar-refractivity contribution >= 4 is 61.6 Å². The number of amides is 2. The second-order valence-corrected chi connectivity index (χ2v) is 14.1. The highest BCUT2D eigenvalue weighted by atomic mass is 32.1. The predicted octanol–water partition coefficient (Wildman–Crippen LogP) is 7.88. The summed E-state index contributed by atoms with van der Waals surface area (Å²) in [5, 5.41) is 5.66. The number of ether oxygens (including phenoxy) is 2. The molecule has 0 bridgehead atoms. The molecule has 4 heterocycles. The van der Waals surface area contributed by atoms with Crippen LogP contribution in [0.3, 0.4) is 0 Å². The highest BCUT2D eigenvalue weighted by Gasteiger charge is 2.30. The lowest BCUT2D eigenvalue weighted by atomic mass is 10.1. The van der Waals surface area contributed by atoms with Crippen molar-refractivity contribution in [1.29, 1.82) is 0 Å². The first-order valence-corrected chi connectivity index (χ1v) is 15.1. The number of carbonyl (C=O) groups is 2. The molecule has 0 unspecified atom stereocenters. The molecule has 0 aliphatic rings. The average molecular weight is 587 g/mol. The van der Waals surface area contributed by atoms with Crippen LogP contribution in [-0.4, -0.2) is 38.8 Å². The molecule has 1 atom stereocenters. The van der Waals surface area contributed by atoms with Crippen molar-refractivity contribution in [3.63, 3.8) is 0 Å². The number of pyridine rings is 1. The smallest absolute Gasteiger partial charge is 0.415 e. The van der Waals surface area contributed by atoms with E-state index in [9.17, 15) is 9.59 Å². The predicted molar refractivity (Wildman–Crippen MR) is 160 cm³/mol. The molecular formula is C28H34N4O4S3. The Morgan fingerprint density at radius 3 is 2.41 bits per heavy atom. The molecule has 4 rings (SSSR count). The molecule has 4 aromatic rings. The number of hydrogen-bond donors (Lipinski definition) is 1. The van der Waals surface area contributed by atoms with Crippen molar-refractivity contribution in [2.24, 2.45) is 0 Å². The topological polar surface area (TPSA) is 93.7 Å². The first kappa shape index (κ1) is 29.0. The maximum Gasteiger partial charge on any atom is 0.415 e. The lowest BCUT2D eigenvalue weighted by molar-refractivity contribution is 0.0507. The molecule has 0 radical (unpaired) electrons. The Labute approximate surface area is 241 Å². The van der Waals surface area contributed by atoms with Crippen LogP contribution >= 0.6 is 34.2 Å². The molecule has 0 saturated carbocycles. The highest BCUT2D eigenvalue weighted by Crippen LogP contribution is 2.45. The van der Waals surface area contributed by atoms with E-state index in [0.29, 0.717) is 13.0 Å². The third kappa shape index (κ3) is 7.55. The monoisotopic (exact) mass is 586 g/mol. The average Bonchev–Trinajstić information content (AvgIpc) is 3.53. The SMILES string of the molecule is C[C@@H](Cc1sc2c(N(Cc3cccs3)C(=O)OC(C)(C)C)snc2c1-c1ccccn1)NC(=O)OC(C)(C)C. The van der Waals surface area contributed by atoms with E-state index in [1.54, 1.807) is 33.8 Å². The number of aromatic nitrogens is 2. The van der Waals surface area contributed by atoms with Gasteiger partial charge in [0.1, 0.15) is 21.7 Å². The van der Waals surface area contributed by atoms with Crippen molar-refractivity contribution in [3.05, 3.63) is 51.7 Å². The Hall–Kier alpha value is -3.02. The molecule has 0 fully saturated rings. The van der Waals surface area contributed by atoms with Crippen LogP contribution in [0.2, 0.25) is 0 Å². The third-order valence-electron chi connectivity index (χ3n) is 5.30. The van der Waals surface area contributed by atoms with E-state index in [0.717, 1.165) is 36.2 Å². The molecule has 2 amide bonds. The van der Waals surface area contributed by atoms with Crippen molar-refractivity contribution in [2.75, 3.05) is 4.90 Å². The van der Waals surface area contributed by atoms with E-state index >= 15 is 0 Å². The molecule has 39 heavy (non-hydrogen) atoms. The molecule has 1 N–H and O–H groups in total. The first-order chi connectivity index (χ1) is 18.3. The fourth-order valence-electron chi connectivity index (χ4n) is 3.85. The van der Waals surface area contributed by atoms with Crippen molar-refractivity contribution in [3.8, 4) is 11.3 Å². The quantitative estimate of drug-likeness (QED) is 0.237. The fourth-order valence-corrected chi connectivity index (χ4v) is 6.94. The van der Waals surface area contributed by atoms with Crippen LogP contribution in [0.25, 0.3) is 21.5 Å². The van der Waals surface area contributed by atoms with Gasteiger partial charge in [-0.1, -0.05) is 12.1 Å². The van der Waals surface area contributed by atoms with Crippen LogP contribution in [0.4, 0.5) is 14.6 Å². The van der Waals surface area contributed by atoms with Crippen LogP contribution < -0.4 is 10.2 Å². The Balaban J connectivity index is 1.74. The normalized spacial score (nSPS) is 12.8. The summed E-state index contributed by atoms with van der Waals surface area (Å²) in [5.41, 5.74) is 1.27. The van der Waals surface area contributed by atoms with Gasteiger partial charge in [-0.05, 0) is 83.6 Å². The van der Waals surface area contributed by atoms with Crippen LogP contribution in [0, 0.1) is 0 Å². The highest BCUT2D eigenvalue weighted by molar-refractivity contribution is 7.25.